The lowest BCUT2D eigenvalue weighted by Gasteiger charge is -2.25. The number of nitrogens with one attached hydrogen (secondary N) is 2. The van der Waals surface area contributed by atoms with Crippen LogP contribution >= 0.6 is 24.8 Å². The van der Waals surface area contributed by atoms with Crippen molar-refractivity contribution in [3.63, 3.8) is 0 Å². The number of aryl methyl sites for hydroxylation is 1. The second kappa shape index (κ2) is 8.96. The molecule has 2 saturated heterocycles. The van der Waals surface area contributed by atoms with E-state index in [2.05, 4.69) is 27.1 Å². The van der Waals surface area contributed by atoms with Crippen LogP contribution in [0.15, 0.2) is 6.20 Å². The van der Waals surface area contributed by atoms with Crippen molar-refractivity contribution in [2.75, 3.05) is 26.2 Å². The van der Waals surface area contributed by atoms with Crippen LogP contribution < -0.4 is 5.32 Å². The maximum absolute atomic E-state index is 5.80. The lowest BCUT2D eigenvalue weighted by Crippen LogP contribution is -2.47. The second-order valence-corrected chi connectivity index (χ2v) is 5.62. The van der Waals surface area contributed by atoms with Crippen molar-refractivity contribution in [1.29, 1.82) is 0 Å². The number of imidazole rings is 1. The van der Waals surface area contributed by atoms with E-state index in [1.807, 2.05) is 6.20 Å². The Bertz CT molecular complexity index is 401. The van der Waals surface area contributed by atoms with Crippen LogP contribution in [0, 0.1) is 0 Å². The molecule has 0 spiro atoms. The fraction of sp³-hybridized carbons (Fsp3) is 0.786. The van der Waals surface area contributed by atoms with Crippen molar-refractivity contribution in [3.05, 3.63) is 17.7 Å². The Balaban J connectivity index is 0.00000110. The van der Waals surface area contributed by atoms with Gasteiger partial charge >= 0.3 is 0 Å². The number of likely N-dealkylation sites (tertiary alicyclic amines) is 1. The fourth-order valence-corrected chi connectivity index (χ4v) is 3.00. The fourth-order valence-electron chi connectivity index (χ4n) is 3.00. The van der Waals surface area contributed by atoms with E-state index in [1.54, 1.807) is 0 Å². The molecule has 21 heavy (non-hydrogen) atoms. The zero-order valence-electron chi connectivity index (χ0n) is 12.5. The molecule has 7 heteroatoms. The van der Waals surface area contributed by atoms with Crippen molar-refractivity contribution in [2.24, 2.45) is 0 Å². The maximum Gasteiger partial charge on any atom is 0.106 e. The van der Waals surface area contributed by atoms with Crippen molar-refractivity contribution in [3.8, 4) is 0 Å². The largest absolute Gasteiger partial charge is 0.374 e. The smallest absolute Gasteiger partial charge is 0.106 e. The van der Waals surface area contributed by atoms with Crippen LogP contribution in [0.2, 0.25) is 0 Å². The van der Waals surface area contributed by atoms with Gasteiger partial charge < -0.3 is 15.0 Å². The van der Waals surface area contributed by atoms with Gasteiger partial charge in [-0.3, -0.25) is 4.90 Å². The molecule has 2 aliphatic heterocycles. The standard InChI is InChI=1S/C14H24N4O.2ClH/c1-2-3-4-14-16-7-11(17-14)8-18-9-12-13(10-18)19-6-5-15-12;;/h7,12-13,15H,2-6,8-10H2,1H3,(H,16,17);2*1H/t12-,13-;;/m0../s1. The number of hydrogen-bond donors (Lipinski definition) is 2. The summed E-state index contributed by atoms with van der Waals surface area (Å²) < 4.78 is 5.80. The summed E-state index contributed by atoms with van der Waals surface area (Å²) in [5, 5.41) is 3.54. The minimum atomic E-state index is 0. The van der Waals surface area contributed by atoms with Crippen LogP contribution in [-0.4, -0.2) is 53.3 Å². The Labute approximate surface area is 139 Å². The molecule has 3 rings (SSSR count). The number of aromatic nitrogens is 2. The Hall–Kier alpha value is -0.330. The van der Waals surface area contributed by atoms with E-state index >= 15 is 0 Å². The van der Waals surface area contributed by atoms with Gasteiger partial charge in [0, 0.05) is 50.5 Å². The molecule has 2 atom stereocenters. The van der Waals surface area contributed by atoms with E-state index in [1.165, 1.54) is 18.5 Å². The summed E-state index contributed by atoms with van der Waals surface area (Å²) in [5.74, 6) is 1.13. The van der Waals surface area contributed by atoms with Gasteiger partial charge in [0.15, 0.2) is 0 Å². The monoisotopic (exact) mass is 336 g/mol. The summed E-state index contributed by atoms with van der Waals surface area (Å²) in [6.45, 7) is 7.11. The van der Waals surface area contributed by atoms with E-state index in [-0.39, 0.29) is 24.8 Å². The molecule has 0 unspecified atom stereocenters. The van der Waals surface area contributed by atoms with Crippen LogP contribution in [0.4, 0.5) is 0 Å². The minimum Gasteiger partial charge on any atom is -0.374 e. The summed E-state index contributed by atoms with van der Waals surface area (Å²) in [4.78, 5) is 10.3. The van der Waals surface area contributed by atoms with Gasteiger partial charge in [-0.05, 0) is 6.42 Å². The predicted octanol–water partition coefficient (Wildman–Crippen LogP) is 1.77. The zero-order valence-corrected chi connectivity index (χ0v) is 14.1. The van der Waals surface area contributed by atoms with E-state index < -0.39 is 0 Å². The summed E-state index contributed by atoms with van der Waals surface area (Å²) >= 11 is 0. The third kappa shape index (κ3) is 4.83. The molecule has 0 aliphatic carbocycles. The van der Waals surface area contributed by atoms with Crippen LogP contribution in [0.25, 0.3) is 0 Å². The summed E-state index contributed by atoms with van der Waals surface area (Å²) in [7, 11) is 0. The van der Waals surface area contributed by atoms with E-state index in [9.17, 15) is 0 Å². The molecule has 2 N–H and O–H groups in total. The third-order valence-electron chi connectivity index (χ3n) is 4.02. The topological polar surface area (TPSA) is 53.2 Å². The van der Waals surface area contributed by atoms with Gasteiger partial charge in [0.25, 0.3) is 0 Å². The summed E-state index contributed by atoms with van der Waals surface area (Å²) in [5.41, 5.74) is 1.23. The molecule has 0 bridgehead atoms. The van der Waals surface area contributed by atoms with Crippen LogP contribution in [0.5, 0.6) is 0 Å². The van der Waals surface area contributed by atoms with Gasteiger partial charge in [-0.25, -0.2) is 4.98 Å². The lowest BCUT2D eigenvalue weighted by molar-refractivity contribution is 0.0175. The van der Waals surface area contributed by atoms with Crippen LogP contribution in [-0.2, 0) is 17.7 Å². The number of halogens is 2. The molecule has 3 heterocycles. The number of aromatic amines is 1. The Kier molecular flexibility index (Phi) is 7.98. The highest BCUT2D eigenvalue weighted by Crippen LogP contribution is 2.18. The van der Waals surface area contributed by atoms with E-state index in [0.717, 1.165) is 45.0 Å². The van der Waals surface area contributed by atoms with Gasteiger partial charge in [0.2, 0.25) is 0 Å². The first-order valence-corrected chi connectivity index (χ1v) is 7.45. The molecule has 0 saturated carbocycles. The number of ether oxygens (including phenoxy) is 1. The number of rotatable bonds is 5. The normalized spacial score (nSPS) is 25.0. The predicted molar refractivity (Wildman–Crippen MR) is 88.5 cm³/mol. The quantitative estimate of drug-likeness (QED) is 0.860. The maximum atomic E-state index is 5.80. The summed E-state index contributed by atoms with van der Waals surface area (Å²) in [6, 6.07) is 0.510. The average Bonchev–Trinajstić information content (AvgIpc) is 3.02. The first-order chi connectivity index (χ1) is 9.35. The van der Waals surface area contributed by atoms with Crippen LogP contribution in [0.3, 0.4) is 0 Å². The second-order valence-electron chi connectivity index (χ2n) is 5.62. The zero-order chi connectivity index (χ0) is 13.1. The Morgan fingerprint density at radius 3 is 3.00 bits per heavy atom. The molecule has 2 aliphatic rings. The van der Waals surface area contributed by atoms with Gasteiger partial charge in [-0.15, -0.1) is 24.8 Å². The molecule has 1 aromatic rings. The Morgan fingerprint density at radius 1 is 1.38 bits per heavy atom. The van der Waals surface area contributed by atoms with Gasteiger partial charge in [0.1, 0.15) is 5.82 Å². The van der Waals surface area contributed by atoms with Gasteiger partial charge in [-0.2, -0.15) is 0 Å². The van der Waals surface area contributed by atoms with Crippen molar-refractivity contribution in [2.45, 2.75) is 44.9 Å². The molecule has 2 fully saturated rings. The number of fused-ring (bicyclic) bond motifs is 1. The summed E-state index contributed by atoms with van der Waals surface area (Å²) in [6.07, 6.45) is 5.84. The van der Waals surface area contributed by atoms with Crippen molar-refractivity contribution in [1.82, 2.24) is 20.2 Å². The molecule has 1 aromatic heterocycles. The molecular formula is C14H26Cl2N4O. The molecule has 0 radical (unpaired) electrons. The lowest BCUT2D eigenvalue weighted by atomic mass is 10.2. The number of unbranched alkanes of at least 4 members (excludes halogenated alkanes) is 1. The highest BCUT2D eigenvalue weighted by Gasteiger charge is 2.35. The average molecular weight is 337 g/mol. The highest BCUT2D eigenvalue weighted by atomic mass is 35.5. The molecule has 0 amide bonds. The number of hydrogen-bond acceptors (Lipinski definition) is 4. The first kappa shape index (κ1) is 18.7. The third-order valence-corrected chi connectivity index (χ3v) is 4.02. The van der Waals surface area contributed by atoms with Gasteiger partial charge in [-0.1, -0.05) is 13.3 Å². The highest BCUT2D eigenvalue weighted by molar-refractivity contribution is 5.85. The van der Waals surface area contributed by atoms with E-state index in [0.29, 0.717) is 12.1 Å². The minimum absolute atomic E-state index is 0. The first-order valence-electron chi connectivity index (χ1n) is 7.45. The molecular weight excluding hydrogens is 311 g/mol. The molecule has 0 aromatic carbocycles. The molecule has 5 nitrogen and oxygen atoms in total. The molecule has 122 valence electrons. The van der Waals surface area contributed by atoms with Gasteiger partial charge in [0.05, 0.1) is 12.7 Å². The number of H-pyrrole nitrogens is 1. The van der Waals surface area contributed by atoms with Crippen molar-refractivity contribution < 1.29 is 4.74 Å². The van der Waals surface area contributed by atoms with Crippen molar-refractivity contribution >= 4 is 24.8 Å². The number of nitrogens with zero attached hydrogens (tertiary/aromatic N) is 2. The van der Waals surface area contributed by atoms with E-state index in [4.69, 9.17) is 4.74 Å². The Morgan fingerprint density at radius 2 is 2.24 bits per heavy atom. The number of morpholine rings is 1. The SMILES string of the molecule is CCCCc1ncc(CN2C[C@@H]3NCCO[C@H]3C2)[nH]1.Cl.Cl. The van der Waals surface area contributed by atoms with Crippen LogP contribution in [0.1, 0.15) is 31.3 Å².